The summed E-state index contributed by atoms with van der Waals surface area (Å²) >= 11 is 0. The Balaban J connectivity index is 2.64. The van der Waals surface area contributed by atoms with E-state index >= 15 is 0 Å². The van der Waals surface area contributed by atoms with Crippen LogP contribution in [0.4, 0.5) is 0 Å². The lowest BCUT2D eigenvalue weighted by Crippen LogP contribution is -2.10. The summed E-state index contributed by atoms with van der Waals surface area (Å²) < 4.78 is 5.00. The second kappa shape index (κ2) is 7.10. The number of esters is 1. The van der Waals surface area contributed by atoms with Gasteiger partial charge in [0.05, 0.1) is 13.0 Å². The van der Waals surface area contributed by atoms with Crippen LogP contribution in [0.2, 0.25) is 6.32 Å². The van der Waals surface area contributed by atoms with Crippen molar-refractivity contribution in [2.45, 2.75) is 32.0 Å². The van der Waals surface area contributed by atoms with E-state index in [-0.39, 0.29) is 5.97 Å². The van der Waals surface area contributed by atoms with Crippen LogP contribution in [0.25, 0.3) is 0 Å². The number of benzene rings is 1. The molecule has 1 unspecified atom stereocenters. The minimum Gasteiger partial charge on any atom is -0.466 e. The fourth-order valence-electron chi connectivity index (χ4n) is 1.88. The number of hydrogen-bond donors (Lipinski definition) is 0. The first-order chi connectivity index (χ1) is 7.77. The van der Waals surface area contributed by atoms with Crippen LogP contribution in [0.15, 0.2) is 30.3 Å². The summed E-state index contributed by atoms with van der Waals surface area (Å²) in [6, 6.07) is 10.2. The molecule has 0 spiro atoms. The third-order valence-electron chi connectivity index (χ3n) is 2.63. The van der Waals surface area contributed by atoms with Gasteiger partial charge in [-0.05, 0) is 18.4 Å². The van der Waals surface area contributed by atoms with Gasteiger partial charge in [-0.25, -0.2) is 0 Å². The van der Waals surface area contributed by atoms with Crippen LogP contribution in [0.5, 0.6) is 0 Å². The van der Waals surface area contributed by atoms with Crippen molar-refractivity contribution in [1.82, 2.24) is 0 Å². The Morgan fingerprint density at radius 2 is 2.06 bits per heavy atom. The van der Waals surface area contributed by atoms with Crippen molar-refractivity contribution in [3.8, 4) is 0 Å². The quantitative estimate of drug-likeness (QED) is 0.540. The molecular weight excluding hydrogens is 199 g/mol. The molecule has 0 saturated carbocycles. The molecule has 0 radical (unpaired) electrons. The highest BCUT2D eigenvalue weighted by molar-refractivity contribution is 6.08. The molecule has 1 atom stereocenters. The second-order valence-electron chi connectivity index (χ2n) is 3.91. The predicted octanol–water partition coefficient (Wildman–Crippen LogP) is 2.16. The largest absolute Gasteiger partial charge is 0.466 e. The van der Waals surface area contributed by atoms with E-state index in [1.165, 1.54) is 5.56 Å². The third-order valence-corrected chi connectivity index (χ3v) is 2.63. The average Bonchev–Trinajstić information content (AvgIpc) is 2.30. The van der Waals surface area contributed by atoms with Gasteiger partial charge < -0.3 is 4.74 Å². The Morgan fingerprint density at radius 3 is 2.62 bits per heavy atom. The molecule has 0 aromatic heterocycles. The van der Waals surface area contributed by atoms with Crippen molar-refractivity contribution in [3.05, 3.63) is 35.9 Å². The molecule has 86 valence electrons. The zero-order chi connectivity index (χ0) is 11.8. The Bertz CT molecular complexity index is 311. The summed E-state index contributed by atoms with van der Waals surface area (Å²) in [6.07, 6.45) is 2.60. The first kappa shape index (κ1) is 12.8. The molecule has 16 heavy (non-hydrogen) atoms. The fraction of sp³-hybridized carbons (Fsp3) is 0.462. The van der Waals surface area contributed by atoms with E-state index < -0.39 is 0 Å². The van der Waals surface area contributed by atoms with Gasteiger partial charge in [0.1, 0.15) is 7.85 Å². The number of rotatable bonds is 6. The molecule has 0 heterocycles. The Kier molecular flexibility index (Phi) is 5.69. The van der Waals surface area contributed by atoms with Gasteiger partial charge in [-0.3, -0.25) is 4.79 Å². The van der Waals surface area contributed by atoms with Crippen LogP contribution < -0.4 is 0 Å². The number of carbonyl (C=O) groups excluding carboxylic acids is 1. The van der Waals surface area contributed by atoms with Gasteiger partial charge in [-0.2, -0.15) is 0 Å². The molecule has 0 aliphatic heterocycles. The topological polar surface area (TPSA) is 26.3 Å². The molecule has 1 aromatic carbocycles. The van der Waals surface area contributed by atoms with Gasteiger partial charge in [0.25, 0.3) is 0 Å². The van der Waals surface area contributed by atoms with Gasteiger partial charge in [0.15, 0.2) is 0 Å². The van der Waals surface area contributed by atoms with Crippen LogP contribution in [0, 0.1) is 0 Å². The molecule has 1 aromatic rings. The van der Waals surface area contributed by atoms with Gasteiger partial charge in [-0.1, -0.05) is 43.1 Å². The molecule has 0 N–H and O–H groups in total. The van der Waals surface area contributed by atoms with Gasteiger partial charge in [0.2, 0.25) is 0 Å². The van der Waals surface area contributed by atoms with Gasteiger partial charge in [0, 0.05) is 0 Å². The maximum absolute atomic E-state index is 11.5. The molecular formula is C13H19BO2. The zero-order valence-corrected chi connectivity index (χ0v) is 10.1. The van der Waals surface area contributed by atoms with Crippen LogP contribution in [-0.2, 0) is 9.53 Å². The summed E-state index contributed by atoms with van der Waals surface area (Å²) in [5.41, 5.74) is 1.23. The van der Waals surface area contributed by atoms with E-state index in [0.29, 0.717) is 18.9 Å². The SMILES string of the molecule is BCCC(CC(=O)OCC)c1ccccc1. The van der Waals surface area contributed by atoms with E-state index in [0.717, 1.165) is 12.7 Å². The number of hydrogen-bond acceptors (Lipinski definition) is 2. The van der Waals surface area contributed by atoms with Crippen molar-refractivity contribution in [2.75, 3.05) is 6.61 Å². The van der Waals surface area contributed by atoms with Crippen LogP contribution >= 0.6 is 0 Å². The maximum atomic E-state index is 11.5. The predicted molar refractivity (Wildman–Crippen MR) is 68.4 cm³/mol. The Hall–Kier alpha value is -1.25. The standard InChI is InChI=1S/C13H19BO2/c1-2-16-13(15)10-12(8-9-14)11-6-4-3-5-7-11/h3-7,12H,2,8-10,14H2,1H3. The van der Waals surface area contributed by atoms with Crippen LogP contribution in [-0.4, -0.2) is 20.4 Å². The van der Waals surface area contributed by atoms with Crippen LogP contribution in [0.1, 0.15) is 31.2 Å². The van der Waals surface area contributed by atoms with Crippen molar-refractivity contribution >= 4 is 13.8 Å². The molecule has 3 heteroatoms. The van der Waals surface area contributed by atoms with Crippen molar-refractivity contribution < 1.29 is 9.53 Å². The molecule has 1 rings (SSSR count). The van der Waals surface area contributed by atoms with Gasteiger partial charge in [-0.15, -0.1) is 0 Å². The Morgan fingerprint density at radius 1 is 1.38 bits per heavy atom. The molecule has 0 amide bonds. The smallest absolute Gasteiger partial charge is 0.306 e. The minimum absolute atomic E-state index is 0.0928. The third kappa shape index (κ3) is 4.09. The van der Waals surface area contributed by atoms with Crippen molar-refractivity contribution in [1.29, 1.82) is 0 Å². The lowest BCUT2D eigenvalue weighted by Gasteiger charge is -2.15. The van der Waals surface area contributed by atoms with E-state index in [1.54, 1.807) is 0 Å². The molecule has 0 saturated heterocycles. The molecule has 0 aliphatic rings. The molecule has 0 bridgehead atoms. The average molecular weight is 218 g/mol. The maximum Gasteiger partial charge on any atom is 0.306 e. The first-order valence-electron chi connectivity index (χ1n) is 5.98. The molecule has 0 fully saturated rings. The summed E-state index contributed by atoms with van der Waals surface area (Å²) in [7, 11) is 2.14. The van der Waals surface area contributed by atoms with E-state index in [1.807, 2.05) is 25.1 Å². The summed E-state index contributed by atoms with van der Waals surface area (Å²) in [5.74, 6) is 0.204. The zero-order valence-electron chi connectivity index (χ0n) is 10.1. The summed E-state index contributed by atoms with van der Waals surface area (Å²) in [6.45, 7) is 2.31. The van der Waals surface area contributed by atoms with Crippen LogP contribution in [0.3, 0.4) is 0 Å². The lowest BCUT2D eigenvalue weighted by atomic mass is 9.86. The highest BCUT2D eigenvalue weighted by Crippen LogP contribution is 2.24. The Labute approximate surface area is 98.4 Å². The lowest BCUT2D eigenvalue weighted by molar-refractivity contribution is -0.143. The molecule has 2 nitrogen and oxygen atoms in total. The normalized spacial score (nSPS) is 12.1. The highest BCUT2D eigenvalue weighted by atomic mass is 16.5. The van der Waals surface area contributed by atoms with E-state index in [9.17, 15) is 4.79 Å². The van der Waals surface area contributed by atoms with Gasteiger partial charge >= 0.3 is 5.97 Å². The number of carbonyl (C=O) groups is 1. The molecule has 0 aliphatic carbocycles. The summed E-state index contributed by atoms with van der Waals surface area (Å²) in [4.78, 5) is 11.5. The number of ether oxygens (including phenoxy) is 1. The minimum atomic E-state index is -0.0928. The van der Waals surface area contributed by atoms with Crippen molar-refractivity contribution in [3.63, 3.8) is 0 Å². The fourth-order valence-corrected chi connectivity index (χ4v) is 1.88. The second-order valence-corrected chi connectivity index (χ2v) is 3.91. The monoisotopic (exact) mass is 218 g/mol. The summed E-state index contributed by atoms with van der Waals surface area (Å²) in [5, 5.41) is 0. The van der Waals surface area contributed by atoms with E-state index in [2.05, 4.69) is 20.0 Å². The first-order valence-corrected chi connectivity index (χ1v) is 5.98. The van der Waals surface area contributed by atoms with Crippen molar-refractivity contribution in [2.24, 2.45) is 0 Å². The highest BCUT2D eigenvalue weighted by Gasteiger charge is 2.15. The van der Waals surface area contributed by atoms with E-state index in [4.69, 9.17) is 4.74 Å².